The van der Waals surface area contributed by atoms with Gasteiger partial charge < -0.3 is 20.5 Å². The normalized spacial score (nSPS) is 20.7. The lowest BCUT2D eigenvalue weighted by Crippen LogP contribution is -2.41. The van der Waals surface area contributed by atoms with Crippen molar-refractivity contribution in [2.45, 2.75) is 25.4 Å². The van der Waals surface area contributed by atoms with Gasteiger partial charge in [-0.3, -0.25) is 0 Å². The van der Waals surface area contributed by atoms with Gasteiger partial charge in [0.25, 0.3) is 0 Å². The van der Waals surface area contributed by atoms with Gasteiger partial charge in [0.05, 0.1) is 12.6 Å². The lowest BCUT2D eigenvalue weighted by Gasteiger charge is -2.15. The quantitative estimate of drug-likeness (QED) is 0.701. The molecule has 0 saturated heterocycles. The minimum atomic E-state index is -0.778. The zero-order chi connectivity index (χ0) is 15.9. The maximum Gasteiger partial charge on any atom is 0.314 e. The molecule has 22 heavy (non-hydrogen) atoms. The van der Waals surface area contributed by atoms with Gasteiger partial charge in [0.15, 0.2) is 11.6 Å². The molecule has 1 aliphatic rings. The zero-order valence-electron chi connectivity index (χ0n) is 12.1. The number of rotatable bonds is 6. The van der Waals surface area contributed by atoms with E-state index in [1.54, 1.807) is 0 Å². The van der Waals surface area contributed by atoms with Gasteiger partial charge in [0, 0.05) is 18.5 Å². The largest absolute Gasteiger partial charge is 0.489 e. The number of ether oxygens (including phenoxy) is 1. The summed E-state index contributed by atoms with van der Waals surface area (Å²) in [6, 6.07) is 2.68. The number of halogens is 2. The Morgan fingerprint density at radius 2 is 2.14 bits per heavy atom. The van der Waals surface area contributed by atoms with E-state index in [2.05, 4.69) is 10.6 Å². The summed E-state index contributed by atoms with van der Waals surface area (Å²) < 4.78 is 31.1. The van der Waals surface area contributed by atoms with E-state index in [4.69, 9.17) is 4.74 Å². The first-order valence-corrected chi connectivity index (χ1v) is 7.34. The highest BCUT2D eigenvalue weighted by molar-refractivity contribution is 5.73. The van der Waals surface area contributed by atoms with Crippen molar-refractivity contribution in [1.29, 1.82) is 0 Å². The molecule has 0 radical (unpaired) electrons. The average molecular weight is 314 g/mol. The van der Waals surface area contributed by atoms with Gasteiger partial charge >= 0.3 is 6.03 Å². The van der Waals surface area contributed by atoms with Crippen molar-refractivity contribution < 1.29 is 23.4 Å². The number of carbonyl (C=O) groups excluding carboxylic acids is 1. The van der Waals surface area contributed by atoms with Crippen molar-refractivity contribution in [2.24, 2.45) is 5.92 Å². The summed E-state index contributed by atoms with van der Waals surface area (Å²) in [5, 5.41) is 14.9. The molecule has 1 saturated carbocycles. The molecule has 5 nitrogen and oxygen atoms in total. The molecule has 0 bridgehead atoms. The van der Waals surface area contributed by atoms with Crippen LogP contribution in [-0.4, -0.2) is 36.9 Å². The second-order valence-corrected chi connectivity index (χ2v) is 5.32. The molecule has 122 valence electrons. The van der Waals surface area contributed by atoms with Crippen LogP contribution in [0.2, 0.25) is 0 Å². The highest BCUT2D eigenvalue weighted by Gasteiger charge is 2.25. The number of aliphatic hydroxyl groups excluding tert-OH is 1. The number of benzene rings is 1. The van der Waals surface area contributed by atoms with Crippen LogP contribution in [0, 0.1) is 17.6 Å². The lowest BCUT2D eigenvalue weighted by molar-refractivity contribution is 0.132. The van der Waals surface area contributed by atoms with E-state index in [0.29, 0.717) is 6.54 Å². The van der Waals surface area contributed by atoms with Crippen LogP contribution >= 0.6 is 0 Å². The van der Waals surface area contributed by atoms with Gasteiger partial charge in [-0.05, 0) is 25.0 Å². The predicted octanol–water partition coefficient (Wildman–Crippen LogP) is 1.80. The second-order valence-electron chi connectivity index (χ2n) is 5.32. The molecule has 2 atom stereocenters. The van der Waals surface area contributed by atoms with Crippen molar-refractivity contribution in [1.82, 2.24) is 10.6 Å². The zero-order valence-corrected chi connectivity index (χ0v) is 12.1. The molecular weight excluding hydrogens is 294 g/mol. The Morgan fingerprint density at radius 1 is 1.32 bits per heavy atom. The molecule has 1 aromatic rings. The molecule has 3 N–H and O–H groups in total. The van der Waals surface area contributed by atoms with Crippen LogP contribution in [0.4, 0.5) is 13.6 Å². The van der Waals surface area contributed by atoms with Gasteiger partial charge in [-0.15, -0.1) is 0 Å². The van der Waals surface area contributed by atoms with Crippen LogP contribution in [0.5, 0.6) is 5.75 Å². The molecule has 2 rings (SSSR count). The van der Waals surface area contributed by atoms with Crippen molar-refractivity contribution in [3.8, 4) is 5.75 Å². The van der Waals surface area contributed by atoms with Crippen LogP contribution in [-0.2, 0) is 0 Å². The number of amides is 2. The monoisotopic (exact) mass is 314 g/mol. The standard InChI is InChI=1S/C15H20F2N2O3/c16-11-4-5-14(12(17)8-11)22-7-6-18-15(21)19-9-10-2-1-3-13(10)20/h4-5,8,10,13,20H,1-3,6-7,9H2,(H2,18,19,21)/t10-,13+/m0/s1. The molecule has 1 aromatic carbocycles. The number of hydrogen-bond donors (Lipinski definition) is 3. The summed E-state index contributed by atoms with van der Waals surface area (Å²) in [5.74, 6) is -1.40. The summed E-state index contributed by atoms with van der Waals surface area (Å²) in [6.45, 7) is 0.693. The smallest absolute Gasteiger partial charge is 0.314 e. The number of carbonyl (C=O) groups is 1. The molecule has 7 heteroatoms. The molecule has 1 fully saturated rings. The average Bonchev–Trinajstić information content (AvgIpc) is 2.88. The van der Waals surface area contributed by atoms with Gasteiger partial charge in [-0.1, -0.05) is 6.42 Å². The lowest BCUT2D eigenvalue weighted by atomic mass is 10.1. The summed E-state index contributed by atoms with van der Waals surface area (Å²) in [7, 11) is 0. The minimum absolute atomic E-state index is 0.0577. The van der Waals surface area contributed by atoms with Crippen LogP contribution in [0.15, 0.2) is 18.2 Å². The Morgan fingerprint density at radius 3 is 2.82 bits per heavy atom. The first-order valence-electron chi connectivity index (χ1n) is 7.34. The fourth-order valence-corrected chi connectivity index (χ4v) is 2.46. The SMILES string of the molecule is O=C(NCCOc1ccc(F)cc1F)NC[C@@H]1CCC[C@H]1O. The molecule has 1 aliphatic carbocycles. The minimum Gasteiger partial charge on any atom is -0.489 e. The Kier molecular flexibility index (Phi) is 5.94. The third-order valence-electron chi connectivity index (χ3n) is 3.68. The third-order valence-corrected chi connectivity index (χ3v) is 3.68. The van der Waals surface area contributed by atoms with Crippen molar-refractivity contribution in [3.63, 3.8) is 0 Å². The van der Waals surface area contributed by atoms with Crippen molar-refractivity contribution in [3.05, 3.63) is 29.8 Å². The summed E-state index contributed by atoms with van der Waals surface area (Å²) in [5.41, 5.74) is 0. The summed E-state index contributed by atoms with van der Waals surface area (Å²) in [4.78, 5) is 11.5. The Bertz CT molecular complexity index is 514. The third kappa shape index (κ3) is 4.84. The van der Waals surface area contributed by atoms with E-state index in [1.165, 1.54) is 6.07 Å². The van der Waals surface area contributed by atoms with Crippen molar-refractivity contribution >= 4 is 6.03 Å². The number of aliphatic hydroxyl groups is 1. The molecule has 0 unspecified atom stereocenters. The maximum atomic E-state index is 13.3. The van der Waals surface area contributed by atoms with Gasteiger partial charge in [-0.25, -0.2) is 13.6 Å². The number of hydrogen-bond acceptors (Lipinski definition) is 3. The molecule has 0 spiro atoms. The number of urea groups is 1. The van der Waals surface area contributed by atoms with Gasteiger partial charge in [0.2, 0.25) is 0 Å². The van der Waals surface area contributed by atoms with E-state index in [1.807, 2.05) is 0 Å². The van der Waals surface area contributed by atoms with E-state index in [9.17, 15) is 18.7 Å². The van der Waals surface area contributed by atoms with Crippen LogP contribution in [0.25, 0.3) is 0 Å². The Labute approximate surface area is 127 Å². The van der Waals surface area contributed by atoms with E-state index in [-0.39, 0.29) is 37.0 Å². The molecular formula is C15H20F2N2O3. The summed E-state index contributed by atoms with van der Waals surface area (Å²) in [6.07, 6.45) is 2.33. The fraction of sp³-hybridized carbons (Fsp3) is 0.533. The van der Waals surface area contributed by atoms with E-state index >= 15 is 0 Å². The first kappa shape index (κ1) is 16.5. The fourth-order valence-electron chi connectivity index (χ4n) is 2.46. The van der Waals surface area contributed by atoms with Crippen LogP contribution in [0.1, 0.15) is 19.3 Å². The molecule has 0 aromatic heterocycles. The Hall–Kier alpha value is -1.89. The topological polar surface area (TPSA) is 70.6 Å². The second kappa shape index (κ2) is 7.93. The van der Waals surface area contributed by atoms with Crippen molar-refractivity contribution in [2.75, 3.05) is 19.7 Å². The van der Waals surface area contributed by atoms with Crippen LogP contribution in [0.3, 0.4) is 0 Å². The van der Waals surface area contributed by atoms with Gasteiger partial charge in [-0.2, -0.15) is 0 Å². The predicted molar refractivity (Wildman–Crippen MR) is 76.6 cm³/mol. The molecule has 2 amide bonds. The van der Waals surface area contributed by atoms with Gasteiger partial charge in [0.1, 0.15) is 12.4 Å². The highest BCUT2D eigenvalue weighted by Crippen LogP contribution is 2.24. The molecule has 0 heterocycles. The van der Waals surface area contributed by atoms with Crippen LogP contribution < -0.4 is 15.4 Å². The van der Waals surface area contributed by atoms with E-state index < -0.39 is 11.6 Å². The maximum absolute atomic E-state index is 13.3. The number of nitrogens with one attached hydrogen (secondary N) is 2. The highest BCUT2D eigenvalue weighted by atomic mass is 19.1. The summed E-state index contributed by atoms with van der Waals surface area (Å²) >= 11 is 0. The Balaban J connectivity index is 1.60. The molecule has 0 aliphatic heterocycles. The first-order chi connectivity index (χ1) is 10.6. The van der Waals surface area contributed by atoms with E-state index in [0.717, 1.165) is 31.4 Å².